The summed E-state index contributed by atoms with van der Waals surface area (Å²) < 4.78 is 14.4. The Labute approximate surface area is 129 Å². The Bertz CT molecular complexity index is 968. The topological polar surface area (TPSA) is 54.9 Å². The van der Waals surface area contributed by atoms with Crippen LogP contribution in [0.4, 0.5) is 4.39 Å². The molecule has 3 aromatic rings. The molecule has 6 heteroatoms. The van der Waals surface area contributed by atoms with Gasteiger partial charge < -0.3 is 0 Å². The van der Waals surface area contributed by atoms with Gasteiger partial charge in [0.1, 0.15) is 10.6 Å². The van der Waals surface area contributed by atoms with Crippen LogP contribution in [-0.4, -0.2) is 9.55 Å². The lowest BCUT2D eigenvalue weighted by molar-refractivity contribution is 0.621. The molecule has 1 N–H and O–H groups in total. The number of benzene rings is 1. The van der Waals surface area contributed by atoms with Gasteiger partial charge in [0.15, 0.2) is 0 Å². The second-order valence-corrected chi connectivity index (χ2v) is 6.37. The van der Waals surface area contributed by atoms with Gasteiger partial charge in [0.05, 0.1) is 11.9 Å². The average molecular weight is 318 g/mol. The minimum absolute atomic E-state index is 0.0555. The molecule has 0 radical (unpaired) electrons. The van der Waals surface area contributed by atoms with E-state index in [-0.39, 0.29) is 17.9 Å². The van der Waals surface area contributed by atoms with Gasteiger partial charge in [-0.05, 0) is 36.6 Å². The van der Waals surface area contributed by atoms with Crippen molar-refractivity contribution >= 4 is 21.6 Å². The predicted molar refractivity (Wildman–Crippen MR) is 86.3 cm³/mol. The third-order valence-corrected chi connectivity index (χ3v) is 4.78. The van der Waals surface area contributed by atoms with Gasteiger partial charge in [-0.15, -0.1) is 11.3 Å². The fraction of sp³-hybridized carbons (Fsp3) is 0.250. The zero-order valence-corrected chi connectivity index (χ0v) is 13.1. The van der Waals surface area contributed by atoms with Gasteiger partial charge in [-0.3, -0.25) is 14.3 Å². The average Bonchev–Trinajstić information content (AvgIpc) is 2.79. The van der Waals surface area contributed by atoms with Crippen LogP contribution in [0.15, 0.2) is 33.9 Å². The molecule has 0 spiro atoms. The molecule has 4 nitrogen and oxygen atoms in total. The van der Waals surface area contributed by atoms with Crippen molar-refractivity contribution < 1.29 is 4.39 Å². The Morgan fingerprint density at radius 3 is 2.77 bits per heavy atom. The molecule has 0 bridgehead atoms. The first-order valence-electron chi connectivity index (χ1n) is 7.00. The summed E-state index contributed by atoms with van der Waals surface area (Å²) in [5.41, 5.74) is 0.765. The van der Waals surface area contributed by atoms with E-state index >= 15 is 0 Å². The highest BCUT2D eigenvalue weighted by Gasteiger charge is 2.15. The number of H-pyrrole nitrogens is 1. The summed E-state index contributed by atoms with van der Waals surface area (Å²) in [6, 6.07) is 5.92. The second kappa shape index (κ2) is 5.53. The van der Waals surface area contributed by atoms with Crippen molar-refractivity contribution in [1.82, 2.24) is 9.55 Å². The van der Waals surface area contributed by atoms with Crippen molar-refractivity contribution in [3.05, 3.63) is 66.9 Å². The Hall–Kier alpha value is -2.21. The van der Waals surface area contributed by atoms with Gasteiger partial charge in [-0.1, -0.05) is 19.1 Å². The summed E-state index contributed by atoms with van der Waals surface area (Å²) in [6.45, 7) is 3.98. The Morgan fingerprint density at radius 2 is 2.09 bits per heavy atom. The number of aryl methyl sites for hydroxylation is 2. The van der Waals surface area contributed by atoms with Crippen LogP contribution >= 0.6 is 11.3 Å². The molecule has 3 rings (SSSR count). The molecule has 22 heavy (non-hydrogen) atoms. The van der Waals surface area contributed by atoms with E-state index in [9.17, 15) is 14.0 Å². The highest BCUT2D eigenvalue weighted by Crippen LogP contribution is 2.26. The quantitative estimate of drug-likeness (QED) is 0.807. The summed E-state index contributed by atoms with van der Waals surface area (Å²) in [5.74, 6) is -0.385. The number of aromatic amines is 1. The standard InChI is InChI=1S/C16H15FN2O2S/c1-3-12-9(2)22-14-13(12)15(20)19(16(21)18-14)8-10-5-4-6-11(17)7-10/h4-7H,3,8H2,1-2H3,(H,18,21). The highest BCUT2D eigenvalue weighted by atomic mass is 32.1. The number of halogens is 1. The van der Waals surface area contributed by atoms with Crippen molar-refractivity contribution in [2.24, 2.45) is 0 Å². The lowest BCUT2D eigenvalue weighted by atomic mass is 10.1. The summed E-state index contributed by atoms with van der Waals surface area (Å²) in [4.78, 5) is 29.3. The van der Waals surface area contributed by atoms with Crippen LogP contribution in [-0.2, 0) is 13.0 Å². The highest BCUT2D eigenvalue weighted by molar-refractivity contribution is 7.18. The minimum atomic E-state index is -0.467. The van der Waals surface area contributed by atoms with Gasteiger partial charge in [-0.2, -0.15) is 0 Å². The molecule has 2 heterocycles. The van der Waals surface area contributed by atoms with E-state index in [4.69, 9.17) is 0 Å². The van der Waals surface area contributed by atoms with Crippen LogP contribution in [0.2, 0.25) is 0 Å². The van der Waals surface area contributed by atoms with E-state index < -0.39 is 5.69 Å². The maximum absolute atomic E-state index is 13.3. The van der Waals surface area contributed by atoms with Crippen LogP contribution in [0.5, 0.6) is 0 Å². The third kappa shape index (κ3) is 2.39. The lowest BCUT2D eigenvalue weighted by Crippen LogP contribution is -2.35. The van der Waals surface area contributed by atoms with E-state index in [1.54, 1.807) is 12.1 Å². The third-order valence-electron chi connectivity index (χ3n) is 3.72. The van der Waals surface area contributed by atoms with Gasteiger partial charge in [0.2, 0.25) is 0 Å². The first-order valence-corrected chi connectivity index (χ1v) is 7.82. The molecule has 0 fully saturated rings. The normalized spacial score (nSPS) is 11.2. The molecule has 0 saturated heterocycles. The molecule has 2 aromatic heterocycles. The molecule has 1 aromatic carbocycles. The fourth-order valence-electron chi connectivity index (χ4n) is 2.67. The largest absolute Gasteiger partial charge is 0.329 e. The fourth-order valence-corrected chi connectivity index (χ4v) is 3.80. The second-order valence-electron chi connectivity index (χ2n) is 5.15. The Balaban J connectivity index is 2.22. The molecule has 0 saturated carbocycles. The molecule has 0 aliphatic heterocycles. The van der Waals surface area contributed by atoms with E-state index in [2.05, 4.69) is 4.98 Å². The monoisotopic (exact) mass is 318 g/mol. The first kappa shape index (κ1) is 14.7. The van der Waals surface area contributed by atoms with Crippen molar-refractivity contribution in [2.45, 2.75) is 26.8 Å². The number of nitrogens with one attached hydrogen (secondary N) is 1. The summed E-state index contributed by atoms with van der Waals surface area (Å²) in [5, 5.41) is 0.570. The molecule has 0 amide bonds. The SMILES string of the molecule is CCc1c(C)sc2[nH]c(=O)n(Cc3cccc(F)c3)c(=O)c12. The summed E-state index contributed by atoms with van der Waals surface area (Å²) in [6.07, 6.45) is 0.729. The van der Waals surface area contributed by atoms with Crippen molar-refractivity contribution in [3.63, 3.8) is 0 Å². The number of hydrogen-bond donors (Lipinski definition) is 1. The summed E-state index contributed by atoms with van der Waals surface area (Å²) in [7, 11) is 0. The smallest absolute Gasteiger partial charge is 0.298 e. The molecule has 0 aliphatic carbocycles. The number of aromatic nitrogens is 2. The van der Waals surface area contributed by atoms with Crippen molar-refractivity contribution in [2.75, 3.05) is 0 Å². The van der Waals surface area contributed by atoms with Crippen LogP contribution in [0.3, 0.4) is 0 Å². The zero-order chi connectivity index (χ0) is 15.9. The van der Waals surface area contributed by atoms with E-state index in [0.717, 1.165) is 21.4 Å². The zero-order valence-electron chi connectivity index (χ0n) is 12.3. The number of thiophene rings is 1. The van der Waals surface area contributed by atoms with Crippen molar-refractivity contribution in [1.29, 1.82) is 0 Å². The molecular formula is C16H15FN2O2S. The number of fused-ring (bicyclic) bond motifs is 1. The van der Waals surface area contributed by atoms with Crippen LogP contribution in [0.1, 0.15) is 22.9 Å². The molecule has 0 unspecified atom stereocenters. The van der Waals surface area contributed by atoms with Gasteiger partial charge >= 0.3 is 5.69 Å². The number of rotatable bonds is 3. The Morgan fingerprint density at radius 1 is 1.32 bits per heavy atom. The molecular weight excluding hydrogens is 303 g/mol. The number of nitrogens with zero attached hydrogens (tertiary/aromatic N) is 1. The van der Waals surface area contributed by atoms with E-state index in [1.807, 2.05) is 13.8 Å². The van der Waals surface area contributed by atoms with E-state index in [1.165, 1.54) is 23.5 Å². The maximum Gasteiger partial charge on any atom is 0.329 e. The summed E-state index contributed by atoms with van der Waals surface area (Å²) >= 11 is 1.42. The molecule has 0 aliphatic rings. The number of hydrogen-bond acceptors (Lipinski definition) is 3. The Kier molecular flexibility index (Phi) is 3.70. The van der Waals surface area contributed by atoms with E-state index in [0.29, 0.717) is 15.8 Å². The molecule has 114 valence electrons. The maximum atomic E-state index is 13.3. The first-order chi connectivity index (χ1) is 10.5. The van der Waals surface area contributed by atoms with Gasteiger partial charge in [-0.25, -0.2) is 9.18 Å². The lowest BCUT2D eigenvalue weighted by Gasteiger charge is -2.06. The molecule has 0 atom stereocenters. The van der Waals surface area contributed by atoms with Crippen LogP contribution in [0, 0.1) is 12.7 Å². The minimum Gasteiger partial charge on any atom is -0.298 e. The predicted octanol–water partition coefficient (Wildman–Crippen LogP) is 2.81. The van der Waals surface area contributed by atoms with Gasteiger partial charge in [0.25, 0.3) is 5.56 Å². The van der Waals surface area contributed by atoms with Crippen molar-refractivity contribution in [3.8, 4) is 0 Å². The van der Waals surface area contributed by atoms with Gasteiger partial charge in [0, 0.05) is 4.88 Å². The van der Waals surface area contributed by atoms with Crippen LogP contribution in [0.25, 0.3) is 10.2 Å². The van der Waals surface area contributed by atoms with Crippen LogP contribution < -0.4 is 11.2 Å².